The lowest BCUT2D eigenvalue weighted by atomic mass is 9.99. The molecule has 2 aliphatic heterocycles. The summed E-state index contributed by atoms with van der Waals surface area (Å²) in [5.74, 6) is -0.0313. The fourth-order valence-electron chi connectivity index (χ4n) is 5.86. The average molecular weight is 661 g/mol. The van der Waals surface area contributed by atoms with Crippen LogP contribution in [-0.4, -0.2) is 73.0 Å². The average Bonchev–Trinajstić information content (AvgIpc) is 3.76. The first-order chi connectivity index (χ1) is 22.6. The van der Waals surface area contributed by atoms with Crippen LogP contribution in [0.4, 0.5) is 10.1 Å². The quantitative estimate of drug-likeness (QED) is 0.261. The minimum Gasteiger partial charge on any atom is -0.353 e. The number of hydrogen-bond acceptors (Lipinski definition) is 6. The van der Waals surface area contributed by atoms with Crippen molar-refractivity contribution < 1.29 is 14.0 Å². The monoisotopic (exact) mass is 660 g/mol. The summed E-state index contributed by atoms with van der Waals surface area (Å²) in [6.45, 7) is 10.5. The Morgan fingerprint density at radius 3 is 2.45 bits per heavy atom. The minimum absolute atomic E-state index is 0.00977. The molecule has 1 atom stereocenters. The number of carbonyl (C=O) groups is 2. The Bertz CT molecular complexity index is 1550. The van der Waals surface area contributed by atoms with Crippen LogP contribution in [0.1, 0.15) is 66.8 Å². The van der Waals surface area contributed by atoms with Crippen molar-refractivity contribution in [3.8, 4) is 6.07 Å². The zero-order chi connectivity index (χ0) is 33.9. The van der Waals surface area contributed by atoms with Gasteiger partial charge in [0, 0.05) is 49.5 Å². The summed E-state index contributed by atoms with van der Waals surface area (Å²) in [6.07, 6.45) is 3.57. The number of fused-ring (bicyclic) bond motifs is 1. The predicted octanol–water partition coefficient (Wildman–Crippen LogP) is 6.27. The molecular formula is C37H46ClFN6O2. The van der Waals surface area contributed by atoms with Crippen LogP contribution in [0.2, 0.25) is 5.02 Å². The summed E-state index contributed by atoms with van der Waals surface area (Å²) < 4.78 is 14.2. The molecule has 8 nitrogen and oxygen atoms in total. The summed E-state index contributed by atoms with van der Waals surface area (Å²) in [5.41, 5.74) is 4.83. The van der Waals surface area contributed by atoms with E-state index in [1.54, 1.807) is 35.2 Å². The Balaban J connectivity index is 0.000000385. The van der Waals surface area contributed by atoms with Crippen LogP contribution in [0.5, 0.6) is 0 Å². The molecule has 0 aromatic heterocycles. The minimum atomic E-state index is -0.271. The summed E-state index contributed by atoms with van der Waals surface area (Å²) in [4.78, 5) is 30.2. The van der Waals surface area contributed by atoms with Crippen LogP contribution < -0.4 is 10.2 Å². The van der Waals surface area contributed by atoms with Crippen LogP contribution in [0, 0.1) is 24.1 Å². The van der Waals surface area contributed by atoms with Gasteiger partial charge >= 0.3 is 0 Å². The lowest BCUT2D eigenvalue weighted by molar-refractivity contribution is -0.145. The maximum absolute atomic E-state index is 14.2. The lowest BCUT2D eigenvalue weighted by Crippen LogP contribution is -2.48. The van der Waals surface area contributed by atoms with Gasteiger partial charge < -0.3 is 15.1 Å². The largest absolute Gasteiger partial charge is 0.353 e. The number of carbonyl (C=O) groups excluding carboxylic acids is 2. The fraction of sp³-hybridized carbons (Fsp3) is 0.432. The van der Waals surface area contributed by atoms with E-state index in [0.717, 1.165) is 35.8 Å². The molecule has 5 rings (SSSR count). The molecular weight excluding hydrogens is 615 g/mol. The number of hydrogen-bond donors (Lipinski definition) is 1. The zero-order valence-corrected chi connectivity index (χ0v) is 28.7. The molecule has 10 heteroatoms. The molecule has 2 amide bonds. The highest BCUT2D eigenvalue weighted by molar-refractivity contribution is 6.30. The van der Waals surface area contributed by atoms with Gasteiger partial charge in [-0.25, -0.2) is 9.40 Å². The number of halogens is 2. The molecule has 0 saturated carbocycles. The van der Waals surface area contributed by atoms with Crippen molar-refractivity contribution in [3.05, 3.63) is 99.3 Å². The van der Waals surface area contributed by atoms with Crippen molar-refractivity contribution in [2.24, 2.45) is 0 Å². The Hall–Kier alpha value is -3.97. The van der Waals surface area contributed by atoms with Gasteiger partial charge in [-0.3, -0.25) is 14.6 Å². The molecule has 2 heterocycles. The van der Waals surface area contributed by atoms with Crippen molar-refractivity contribution in [2.45, 2.75) is 59.0 Å². The molecule has 1 saturated heterocycles. The van der Waals surface area contributed by atoms with E-state index in [1.807, 2.05) is 31.2 Å². The number of aryl methyl sites for hydroxylation is 1. The van der Waals surface area contributed by atoms with Crippen LogP contribution in [0.15, 0.2) is 60.7 Å². The van der Waals surface area contributed by atoms with Crippen molar-refractivity contribution in [1.29, 1.82) is 5.26 Å². The second-order valence-electron chi connectivity index (χ2n) is 12.3. The maximum atomic E-state index is 14.2. The normalized spacial score (nSPS) is 14.8. The fourth-order valence-corrected chi connectivity index (χ4v) is 5.99. The Labute approximate surface area is 283 Å². The van der Waals surface area contributed by atoms with Gasteiger partial charge in [0.2, 0.25) is 5.91 Å². The summed E-state index contributed by atoms with van der Waals surface area (Å²) in [5, 5.41) is 16.5. The van der Waals surface area contributed by atoms with Crippen molar-refractivity contribution in [2.75, 3.05) is 51.2 Å². The van der Waals surface area contributed by atoms with Crippen LogP contribution in [0.3, 0.4) is 0 Å². The van der Waals surface area contributed by atoms with E-state index in [0.29, 0.717) is 42.4 Å². The molecule has 3 aromatic rings. The van der Waals surface area contributed by atoms with Crippen molar-refractivity contribution in [3.63, 3.8) is 0 Å². The number of nitriles is 1. The van der Waals surface area contributed by atoms with E-state index in [2.05, 4.69) is 42.3 Å². The van der Waals surface area contributed by atoms with Gasteiger partial charge in [-0.1, -0.05) is 55.8 Å². The third kappa shape index (κ3) is 10.0. The van der Waals surface area contributed by atoms with E-state index in [-0.39, 0.29) is 30.7 Å². The number of benzene rings is 3. The third-order valence-electron chi connectivity index (χ3n) is 9.03. The summed E-state index contributed by atoms with van der Waals surface area (Å²) in [6, 6.07) is 20.4. The van der Waals surface area contributed by atoms with Gasteiger partial charge in [0.1, 0.15) is 5.82 Å². The molecule has 250 valence electrons. The zero-order valence-electron chi connectivity index (χ0n) is 27.9. The lowest BCUT2D eigenvalue weighted by Gasteiger charge is -2.32. The first-order valence-corrected chi connectivity index (χ1v) is 16.7. The van der Waals surface area contributed by atoms with Gasteiger partial charge in [-0.05, 0) is 92.2 Å². The third-order valence-corrected chi connectivity index (χ3v) is 9.29. The topological polar surface area (TPSA) is 82.9 Å². The number of likely N-dealkylation sites (tertiary alicyclic amines) is 1. The Kier molecular flexibility index (Phi) is 13.2. The molecule has 0 spiro atoms. The summed E-state index contributed by atoms with van der Waals surface area (Å²) in [7, 11) is 1.67. The summed E-state index contributed by atoms with van der Waals surface area (Å²) >= 11 is 5.76. The van der Waals surface area contributed by atoms with Gasteiger partial charge in [-0.2, -0.15) is 5.26 Å². The van der Waals surface area contributed by atoms with Crippen molar-refractivity contribution in [1.82, 2.24) is 20.2 Å². The first-order valence-electron chi connectivity index (χ1n) is 16.4. The second kappa shape index (κ2) is 17.3. The number of nitrogens with zero attached hydrogens (tertiary/aromatic N) is 5. The van der Waals surface area contributed by atoms with E-state index in [4.69, 9.17) is 11.6 Å². The molecule has 1 fully saturated rings. The Morgan fingerprint density at radius 1 is 1.06 bits per heavy atom. The van der Waals surface area contributed by atoms with Gasteiger partial charge in [0.25, 0.3) is 5.91 Å². The van der Waals surface area contributed by atoms with Gasteiger partial charge in [0.15, 0.2) is 0 Å². The smallest absolute Gasteiger partial charge is 0.256 e. The highest BCUT2D eigenvalue weighted by Crippen LogP contribution is 2.27. The molecule has 0 aliphatic carbocycles. The Morgan fingerprint density at radius 2 is 1.79 bits per heavy atom. The standard InChI is InChI=1S/C27H33FN6O2.C10H13Cl/c1-20-8-9-21(15-29)14-25(20)33(18-26(35)30-10-13-32-11-3-4-12-32)19-27(36)31(2)34-16-22-6-5-7-24(28)23(22)17-34;1-3-8(2)9-4-6-10(11)7-5-9/h5-9,14H,3-4,10-13,16-19H2,1-2H3,(H,30,35);4-8H,3H2,1-2H3. The van der Waals surface area contributed by atoms with Gasteiger partial charge in [0.05, 0.1) is 24.7 Å². The highest BCUT2D eigenvalue weighted by Gasteiger charge is 2.28. The van der Waals surface area contributed by atoms with Gasteiger partial charge in [-0.15, -0.1) is 0 Å². The molecule has 47 heavy (non-hydrogen) atoms. The van der Waals surface area contributed by atoms with E-state index >= 15 is 0 Å². The van der Waals surface area contributed by atoms with E-state index in [9.17, 15) is 19.2 Å². The molecule has 3 aromatic carbocycles. The van der Waals surface area contributed by atoms with Crippen LogP contribution >= 0.6 is 11.6 Å². The number of likely N-dealkylation sites (N-methyl/N-ethyl adjacent to an activating group) is 1. The van der Waals surface area contributed by atoms with Crippen molar-refractivity contribution >= 4 is 29.1 Å². The molecule has 1 unspecified atom stereocenters. The predicted molar refractivity (Wildman–Crippen MR) is 185 cm³/mol. The molecule has 0 bridgehead atoms. The maximum Gasteiger partial charge on any atom is 0.256 e. The number of anilines is 1. The molecule has 1 N–H and O–H groups in total. The van der Waals surface area contributed by atoms with Crippen LogP contribution in [0.25, 0.3) is 0 Å². The second-order valence-corrected chi connectivity index (χ2v) is 12.8. The first kappa shape index (κ1) is 35.9. The number of nitrogens with one attached hydrogen (secondary N) is 1. The molecule has 0 radical (unpaired) electrons. The number of amides is 2. The highest BCUT2D eigenvalue weighted by atomic mass is 35.5. The molecule has 2 aliphatic rings. The number of rotatable bonds is 11. The SMILES string of the molecule is CCC(C)c1ccc(Cl)cc1.Cc1ccc(C#N)cc1N(CC(=O)NCCN1CCCC1)CC(=O)N(C)N1Cc2cccc(F)c2C1. The van der Waals surface area contributed by atoms with E-state index < -0.39 is 0 Å². The van der Waals surface area contributed by atoms with Crippen LogP contribution in [-0.2, 0) is 22.7 Å². The van der Waals surface area contributed by atoms with E-state index in [1.165, 1.54) is 35.9 Å². The number of hydrazine groups is 1.